The molecule has 0 aromatic heterocycles. The van der Waals surface area contributed by atoms with E-state index >= 15 is 0 Å². The first kappa shape index (κ1) is 12.3. The van der Waals surface area contributed by atoms with Crippen LogP contribution in [0.15, 0.2) is 12.1 Å². The monoisotopic (exact) mass is 256 g/mol. The third-order valence-corrected chi connectivity index (χ3v) is 2.80. The van der Waals surface area contributed by atoms with Crippen molar-refractivity contribution in [2.75, 3.05) is 17.2 Å². The van der Waals surface area contributed by atoms with Crippen molar-refractivity contribution < 1.29 is 23.5 Å². The summed E-state index contributed by atoms with van der Waals surface area (Å²) in [4.78, 5) is 23.4. The van der Waals surface area contributed by atoms with E-state index in [4.69, 9.17) is 10.8 Å². The number of nitrogens with zero attached hydrogens (tertiary/aromatic N) is 1. The number of anilines is 2. The van der Waals surface area contributed by atoms with E-state index in [1.165, 1.54) is 0 Å². The summed E-state index contributed by atoms with van der Waals surface area (Å²) in [5.74, 6) is -4.41. The number of carbonyl (C=O) groups excluding carboxylic acids is 1. The van der Waals surface area contributed by atoms with Crippen molar-refractivity contribution in [3.63, 3.8) is 0 Å². The highest BCUT2D eigenvalue weighted by Gasteiger charge is 2.37. The van der Waals surface area contributed by atoms with Gasteiger partial charge in [-0.25, -0.2) is 8.78 Å². The topological polar surface area (TPSA) is 83.6 Å². The van der Waals surface area contributed by atoms with Crippen molar-refractivity contribution in [3.05, 3.63) is 23.8 Å². The smallest absolute Gasteiger partial charge is 0.308 e. The van der Waals surface area contributed by atoms with Crippen LogP contribution in [0.3, 0.4) is 0 Å². The molecule has 1 aromatic carbocycles. The predicted octanol–water partition coefficient (Wildman–Crippen LogP) is 0.985. The number of aliphatic carboxylic acids is 1. The predicted molar refractivity (Wildman–Crippen MR) is 58.9 cm³/mol. The minimum Gasteiger partial charge on any atom is -0.481 e. The van der Waals surface area contributed by atoms with Gasteiger partial charge in [-0.05, 0) is 6.07 Å². The van der Waals surface area contributed by atoms with Crippen LogP contribution in [0.4, 0.5) is 20.2 Å². The number of carboxylic acid groups (broad SMARTS) is 1. The average Bonchev–Trinajstić information content (AvgIpc) is 2.59. The van der Waals surface area contributed by atoms with Crippen LogP contribution >= 0.6 is 0 Å². The second kappa shape index (κ2) is 4.25. The lowest BCUT2D eigenvalue weighted by Crippen LogP contribution is -2.27. The first-order valence-corrected chi connectivity index (χ1v) is 5.18. The summed E-state index contributed by atoms with van der Waals surface area (Å²) in [7, 11) is 0. The zero-order valence-electron chi connectivity index (χ0n) is 9.19. The molecule has 1 aliphatic heterocycles. The lowest BCUT2D eigenvalue weighted by molar-refractivity contribution is -0.141. The summed E-state index contributed by atoms with van der Waals surface area (Å²) in [6.07, 6.45) is -0.217. The van der Waals surface area contributed by atoms with Gasteiger partial charge in [0.1, 0.15) is 11.5 Å². The second-order valence-electron chi connectivity index (χ2n) is 4.07. The van der Waals surface area contributed by atoms with Crippen molar-refractivity contribution in [3.8, 4) is 0 Å². The van der Waals surface area contributed by atoms with Gasteiger partial charge in [0.15, 0.2) is 5.82 Å². The second-order valence-corrected chi connectivity index (χ2v) is 4.07. The minimum absolute atomic E-state index is 0.166. The van der Waals surface area contributed by atoms with Crippen LogP contribution in [-0.4, -0.2) is 23.5 Å². The van der Waals surface area contributed by atoms with E-state index in [1.54, 1.807) is 0 Å². The molecule has 0 bridgehead atoms. The van der Waals surface area contributed by atoms with E-state index < -0.39 is 29.4 Å². The molecule has 0 saturated carbocycles. The first-order chi connectivity index (χ1) is 8.40. The van der Waals surface area contributed by atoms with E-state index in [0.29, 0.717) is 6.07 Å². The zero-order chi connectivity index (χ0) is 13.4. The van der Waals surface area contributed by atoms with Crippen LogP contribution in [-0.2, 0) is 9.59 Å². The summed E-state index contributed by atoms with van der Waals surface area (Å²) < 4.78 is 26.5. The van der Waals surface area contributed by atoms with Gasteiger partial charge in [0.05, 0.1) is 11.6 Å². The number of nitrogens with two attached hydrogens (primary N) is 1. The van der Waals surface area contributed by atoms with Gasteiger partial charge in [-0.3, -0.25) is 9.59 Å². The van der Waals surface area contributed by atoms with Crippen molar-refractivity contribution in [1.82, 2.24) is 0 Å². The molecule has 1 heterocycles. The van der Waals surface area contributed by atoms with Gasteiger partial charge in [0.2, 0.25) is 5.91 Å². The molecule has 0 spiro atoms. The van der Waals surface area contributed by atoms with Crippen molar-refractivity contribution in [1.29, 1.82) is 0 Å². The number of rotatable bonds is 2. The van der Waals surface area contributed by atoms with Gasteiger partial charge in [0.25, 0.3) is 0 Å². The van der Waals surface area contributed by atoms with E-state index in [2.05, 4.69) is 0 Å². The Bertz CT molecular complexity index is 510. The maximum absolute atomic E-state index is 13.6. The van der Waals surface area contributed by atoms with E-state index in [-0.39, 0.29) is 24.3 Å². The summed E-state index contributed by atoms with van der Waals surface area (Å²) in [6, 6.07) is 1.49. The third kappa shape index (κ3) is 1.99. The molecule has 1 fully saturated rings. The van der Waals surface area contributed by atoms with Crippen LogP contribution in [0, 0.1) is 17.6 Å². The molecule has 1 unspecified atom stereocenters. The van der Waals surface area contributed by atoms with Gasteiger partial charge < -0.3 is 15.7 Å². The van der Waals surface area contributed by atoms with Gasteiger partial charge in [-0.1, -0.05) is 0 Å². The molecule has 2 rings (SSSR count). The fourth-order valence-electron chi connectivity index (χ4n) is 1.96. The normalized spacial score (nSPS) is 19.3. The summed E-state index contributed by atoms with van der Waals surface area (Å²) in [6.45, 7) is -0.166. The van der Waals surface area contributed by atoms with Gasteiger partial charge >= 0.3 is 5.97 Å². The maximum atomic E-state index is 13.6. The Balaban J connectivity index is 2.39. The van der Waals surface area contributed by atoms with E-state index in [9.17, 15) is 18.4 Å². The lowest BCUT2D eigenvalue weighted by atomic mass is 10.1. The standard InChI is InChI=1S/C11H10F2N2O3/c12-6-2-7(13)10(8(14)3-6)15-4-5(11(17)18)1-9(15)16/h2-3,5H,1,4,14H2,(H,17,18). The Labute approximate surface area is 101 Å². The van der Waals surface area contributed by atoms with Crippen molar-refractivity contribution >= 4 is 23.3 Å². The number of nitrogen functional groups attached to an aromatic ring is 1. The molecular weight excluding hydrogens is 246 g/mol. The minimum atomic E-state index is -1.13. The number of halogens is 2. The van der Waals surface area contributed by atoms with Crippen LogP contribution in [0.2, 0.25) is 0 Å². The highest BCUT2D eigenvalue weighted by molar-refractivity contribution is 6.01. The van der Waals surface area contributed by atoms with Crippen LogP contribution in [0.25, 0.3) is 0 Å². The summed E-state index contributed by atoms with van der Waals surface area (Å²) >= 11 is 0. The van der Waals surface area contributed by atoms with Crippen molar-refractivity contribution in [2.24, 2.45) is 5.92 Å². The number of benzene rings is 1. The number of hydrogen-bond donors (Lipinski definition) is 2. The Kier molecular flexibility index (Phi) is 2.90. The molecule has 1 saturated heterocycles. The largest absolute Gasteiger partial charge is 0.481 e. The highest BCUT2D eigenvalue weighted by atomic mass is 19.1. The molecule has 7 heteroatoms. The lowest BCUT2D eigenvalue weighted by Gasteiger charge is -2.19. The quantitative estimate of drug-likeness (QED) is 0.773. The number of hydrogen-bond acceptors (Lipinski definition) is 3. The molecule has 5 nitrogen and oxygen atoms in total. The Morgan fingerprint density at radius 2 is 2.11 bits per heavy atom. The fourth-order valence-corrected chi connectivity index (χ4v) is 1.96. The van der Waals surface area contributed by atoms with Crippen LogP contribution in [0.5, 0.6) is 0 Å². The Hall–Kier alpha value is -2.18. The SMILES string of the molecule is Nc1cc(F)cc(F)c1N1CC(C(=O)O)CC1=O. The number of carbonyl (C=O) groups is 2. The molecule has 1 amide bonds. The van der Waals surface area contributed by atoms with E-state index in [1.807, 2.05) is 0 Å². The van der Waals surface area contributed by atoms with Crippen molar-refractivity contribution in [2.45, 2.75) is 6.42 Å². The molecular formula is C11H10F2N2O3. The Morgan fingerprint density at radius 1 is 1.44 bits per heavy atom. The third-order valence-electron chi connectivity index (χ3n) is 2.80. The molecule has 3 N–H and O–H groups in total. The summed E-state index contributed by atoms with van der Waals surface area (Å²) in [5, 5.41) is 8.81. The number of carboxylic acids is 1. The molecule has 1 aliphatic rings. The van der Waals surface area contributed by atoms with Gasteiger partial charge in [-0.15, -0.1) is 0 Å². The van der Waals surface area contributed by atoms with Gasteiger partial charge in [-0.2, -0.15) is 0 Å². The van der Waals surface area contributed by atoms with Crippen LogP contribution in [0.1, 0.15) is 6.42 Å². The average molecular weight is 256 g/mol. The molecule has 1 aromatic rings. The number of amides is 1. The molecule has 96 valence electrons. The zero-order valence-corrected chi connectivity index (χ0v) is 9.19. The molecule has 0 aliphatic carbocycles. The van der Waals surface area contributed by atoms with Gasteiger partial charge in [0, 0.05) is 19.0 Å². The highest BCUT2D eigenvalue weighted by Crippen LogP contribution is 2.33. The maximum Gasteiger partial charge on any atom is 0.308 e. The fraction of sp³-hybridized carbons (Fsp3) is 0.273. The first-order valence-electron chi connectivity index (χ1n) is 5.18. The van der Waals surface area contributed by atoms with E-state index in [0.717, 1.165) is 11.0 Å². The molecule has 1 atom stereocenters. The summed E-state index contributed by atoms with van der Waals surface area (Å²) in [5.41, 5.74) is 4.98. The van der Waals surface area contributed by atoms with Crippen LogP contribution < -0.4 is 10.6 Å². The Morgan fingerprint density at radius 3 is 2.61 bits per heavy atom. The molecule has 0 radical (unpaired) electrons. The molecule has 18 heavy (non-hydrogen) atoms.